The fraction of sp³-hybridized carbons (Fsp3) is 0.0370. The van der Waals surface area contributed by atoms with E-state index in [0.717, 1.165) is 6.42 Å². The van der Waals surface area contributed by atoms with Gasteiger partial charge in [0, 0.05) is 40.3 Å². The number of fused-ring (bicyclic) bond motifs is 9. The second-order valence-electron chi connectivity index (χ2n) is 15.0. The molecule has 0 aliphatic rings. The smallest absolute Gasteiger partial charge is 0.0361 e. The first kappa shape index (κ1) is 33.1. The van der Waals surface area contributed by atoms with Crippen LogP contribution in [-0.2, 0) is 6.42 Å². The highest BCUT2D eigenvalue weighted by molar-refractivity contribution is 7.26. The largest absolute Gasteiger partial charge is 0.135 e. The predicted octanol–water partition coefficient (Wildman–Crippen LogP) is 16.5. The number of hydrogen-bond donors (Lipinski definition) is 0. The zero-order valence-corrected chi connectivity index (χ0v) is 32.6. The Hall–Kier alpha value is -6.32. The molecule has 264 valence electrons. The van der Waals surface area contributed by atoms with Crippen molar-refractivity contribution >= 4 is 107 Å². The van der Waals surface area contributed by atoms with Gasteiger partial charge in [-0.3, -0.25) is 0 Å². The van der Waals surface area contributed by atoms with E-state index < -0.39 is 0 Å². The van der Waals surface area contributed by atoms with Crippen molar-refractivity contribution in [3.05, 3.63) is 193 Å². The molecule has 2 aromatic heterocycles. The van der Waals surface area contributed by atoms with E-state index in [0.29, 0.717) is 0 Å². The number of hydrogen-bond acceptors (Lipinski definition) is 2. The molecule has 0 N–H and O–H groups in total. The minimum atomic E-state index is 0.824. The van der Waals surface area contributed by atoms with E-state index in [-0.39, 0.29) is 0 Å². The summed E-state index contributed by atoms with van der Waals surface area (Å²) in [4.78, 5) is 0. The summed E-state index contributed by atoms with van der Waals surface area (Å²) in [5, 5.41) is 13.0. The molecular formula is C54H36S2. The zero-order valence-electron chi connectivity index (χ0n) is 31.0. The molecular weight excluding hydrogens is 713 g/mol. The fourth-order valence-corrected chi connectivity index (χ4v) is 10.9. The summed E-state index contributed by atoms with van der Waals surface area (Å²) in [6.07, 6.45) is 5.23. The van der Waals surface area contributed by atoms with Crippen LogP contribution in [0.2, 0.25) is 0 Å². The first-order chi connectivity index (χ1) is 27.5. The van der Waals surface area contributed by atoms with E-state index in [9.17, 15) is 0 Å². The molecule has 0 saturated heterocycles. The van der Waals surface area contributed by atoms with Crippen molar-refractivity contribution in [2.45, 2.75) is 13.3 Å². The summed E-state index contributed by atoms with van der Waals surface area (Å²) >= 11 is 3.79. The van der Waals surface area contributed by atoms with Crippen molar-refractivity contribution in [2.75, 3.05) is 0 Å². The molecule has 9 aromatic carbocycles. The van der Waals surface area contributed by atoms with E-state index in [1.165, 1.54) is 117 Å². The van der Waals surface area contributed by atoms with E-state index in [2.05, 4.69) is 183 Å². The third-order valence-corrected chi connectivity index (χ3v) is 13.7. The molecule has 0 atom stereocenters. The van der Waals surface area contributed by atoms with Crippen LogP contribution in [0.15, 0.2) is 176 Å². The van der Waals surface area contributed by atoms with Crippen LogP contribution >= 0.6 is 22.7 Å². The molecule has 2 heteroatoms. The van der Waals surface area contributed by atoms with Crippen molar-refractivity contribution < 1.29 is 0 Å². The van der Waals surface area contributed by atoms with Crippen LogP contribution in [0.25, 0.3) is 107 Å². The maximum atomic E-state index is 4.13. The molecule has 0 aliphatic heterocycles. The van der Waals surface area contributed by atoms with Gasteiger partial charge in [-0.2, -0.15) is 0 Å². The van der Waals surface area contributed by atoms with Gasteiger partial charge in [-0.25, -0.2) is 0 Å². The normalized spacial score (nSPS) is 12.3. The van der Waals surface area contributed by atoms with Crippen molar-refractivity contribution in [1.82, 2.24) is 0 Å². The monoisotopic (exact) mass is 748 g/mol. The lowest BCUT2D eigenvalue weighted by Crippen LogP contribution is -1.89. The Bertz CT molecular complexity index is 3400. The Balaban J connectivity index is 0.964. The van der Waals surface area contributed by atoms with Crippen molar-refractivity contribution in [2.24, 2.45) is 0 Å². The predicted molar refractivity (Wildman–Crippen MR) is 249 cm³/mol. The topological polar surface area (TPSA) is 0 Å². The highest BCUT2D eigenvalue weighted by Crippen LogP contribution is 2.42. The third kappa shape index (κ3) is 5.64. The van der Waals surface area contributed by atoms with E-state index in [1.807, 2.05) is 28.7 Å². The van der Waals surface area contributed by atoms with Gasteiger partial charge in [-0.05, 0) is 157 Å². The molecule has 0 amide bonds. The van der Waals surface area contributed by atoms with Gasteiger partial charge in [0.2, 0.25) is 0 Å². The fourth-order valence-electron chi connectivity index (χ4n) is 8.54. The molecule has 2 heterocycles. The summed E-state index contributed by atoms with van der Waals surface area (Å²) < 4.78 is 5.31. The molecule has 0 bridgehead atoms. The van der Waals surface area contributed by atoms with E-state index >= 15 is 0 Å². The van der Waals surface area contributed by atoms with Crippen LogP contribution < -0.4 is 0 Å². The van der Waals surface area contributed by atoms with Crippen LogP contribution in [0.5, 0.6) is 0 Å². The quantitative estimate of drug-likeness (QED) is 0.117. The number of thiophene rings is 2. The number of benzene rings is 9. The average Bonchev–Trinajstić information content (AvgIpc) is 3.76. The maximum Gasteiger partial charge on any atom is 0.0361 e. The first-order valence-electron chi connectivity index (χ1n) is 19.2. The Morgan fingerprint density at radius 2 is 0.911 bits per heavy atom. The second-order valence-corrected chi connectivity index (χ2v) is 17.2. The Kier molecular flexibility index (Phi) is 7.77. The van der Waals surface area contributed by atoms with Crippen LogP contribution in [0.4, 0.5) is 0 Å². The van der Waals surface area contributed by atoms with Gasteiger partial charge < -0.3 is 0 Å². The molecule has 0 unspecified atom stereocenters. The highest BCUT2D eigenvalue weighted by Gasteiger charge is 2.13. The molecule has 11 aromatic rings. The van der Waals surface area contributed by atoms with Gasteiger partial charge in [0.05, 0.1) is 0 Å². The molecule has 0 radical (unpaired) electrons. The van der Waals surface area contributed by atoms with Crippen molar-refractivity contribution in [3.63, 3.8) is 0 Å². The van der Waals surface area contributed by atoms with Crippen LogP contribution in [-0.4, -0.2) is 0 Å². The van der Waals surface area contributed by atoms with Crippen LogP contribution in [0.1, 0.15) is 23.6 Å². The minimum absolute atomic E-state index is 0.824. The SMILES string of the molecule is C=CCc1cc2c(cc1/C=C(\C)c1ccc3cc4c(cc3c1)sc1cc3cc(-c5ccccc5)ccc3cc14)sc1cc3cc(-c4ccccc4)ccc3cc12. The highest BCUT2D eigenvalue weighted by atomic mass is 32.1. The lowest BCUT2D eigenvalue weighted by atomic mass is 9.95. The summed E-state index contributed by atoms with van der Waals surface area (Å²) in [5.74, 6) is 0. The van der Waals surface area contributed by atoms with Gasteiger partial charge in [-0.1, -0.05) is 109 Å². The summed E-state index contributed by atoms with van der Waals surface area (Å²) in [6, 6.07) is 61.0. The van der Waals surface area contributed by atoms with E-state index in [1.54, 1.807) is 0 Å². The van der Waals surface area contributed by atoms with Gasteiger partial charge in [-0.15, -0.1) is 29.3 Å². The zero-order chi connectivity index (χ0) is 37.3. The molecule has 0 saturated carbocycles. The lowest BCUT2D eigenvalue weighted by Gasteiger charge is -2.09. The molecule has 56 heavy (non-hydrogen) atoms. The summed E-state index contributed by atoms with van der Waals surface area (Å²) in [5.41, 5.74) is 10.1. The average molecular weight is 749 g/mol. The minimum Gasteiger partial charge on any atom is -0.135 e. The Labute approximate surface area is 333 Å². The van der Waals surface area contributed by atoms with Gasteiger partial charge in [0.1, 0.15) is 0 Å². The second kappa shape index (κ2) is 13.2. The molecule has 0 aliphatic carbocycles. The van der Waals surface area contributed by atoms with Crippen LogP contribution in [0, 0.1) is 0 Å². The van der Waals surface area contributed by atoms with E-state index in [4.69, 9.17) is 0 Å². The Morgan fingerprint density at radius 3 is 1.43 bits per heavy atom. The lowest BCUT2D eigenvalue weighted by molar-refractivity contribution is 1.28. The Morgan fingerprint density at radius 1 is 0.446 bits per heavy atom. The summed E-state index contributed by atoms with van der Waals surface area (Å²) in [7, 11) is 0. The molecule has 0 fully saturated rings. The standard InChI is InChI=1S/C54H36S2/c1-3-10-37-25-47-48-27-41-19-17-38(34-11-6-4-7-12-34)23-45(41)31-53(48)55-51(47)29-43(37)21-33(2)36-15-16-40-26-49-50-28-42-20-18-39(35-13-8-5-9-14-35)24-46(42)32-54(50)56-52(49)30-44(40)22-36/h3-9,11-32H,1,10H2,2H3/b33-21+. The third-order valence-electron chi connectivity index (χ3n) is 11.5. The van der Waals surface area contributed by atoms with Crippen molar-refractivity contribution in [3.8, 4) is 22.3 Å². The van der Waals surface area contributed by atoms with Crippen molar-refractivity contribution in [1.29, 1.82) is 0 Å². The summed E-state index contributed by atoms with van der Waals surface area (Å²) in [6.45, 7) is 6.38. The maximum absolute atomic E-state index is 4.13. The van der Waals surface area contributed by atoms with Gasteiger partial charge in [0.15, 0.2) is 0 Å². The number of allylic oxidation sites excluding steroid dienone is 2. The van der Waals surface area contributed by atoms with Crippen LogP contribution in [0.3, 0.4) is 0 Å². The molecule has 0 spiro atoms. The van der Waals surface area contributed by atoms with Gasteiger partial charge in [0.25, 0.3) is 0 Å². The van der Waals surface area contributed by atoms with Gasteiger partial charge >= 0.3 is 0 Å². The molecule has 0 nitrogen and oxygen atoms in total. The molecule has 11 rings (SSSR count). The number of rotatable bonds is 6. The first-order valence-corrected chi connectivity index (χ1v) is 20.9.